The molecule has 0 aliphatic heterocycles. The first-order valence-electron chi connectivity index (χ1n) is 18.8. The molecule has 0 bridgehead atoms. The van der Waals surface area contributed by atoms with Crippen LogP contribution in [0.1, 0.15) is 5.56 Å². The SMILES string of the molecule is FCc1ccc(-c2c3ccccc3c(-c3cccc4c3[se]c3cc(-c5c6ccccc6c(-c6ccccc6)c6ccccc56)ccc34)c3ccccc23)cc1. The fourth-order valence-corrected chi connectivity index (χ4v) is 11.6. The van der Waals surface area contributed by atoms with Gasteiger partial charge in [-0.2, -0.15) is 0 Å². The molecule has 0 saturated carbocycles. The van der Waals surface area contributed by atoms with Crippen molar-refractivity contribution in [2.75, 3.05) is 0 Å². The summed E-state index contributed by atoms with van der Waals surface area (Å²) >= 11 is 0.0932. The molecule has 55 heavy (non-hydrogen) atoms. The third-order valence-corrected chi connectivity index (χ3v) is 13.9. The molecule has 0 aliphatic rings. The summed E-state index contributed by atoms with van der Waals surface area (Å²) in [4.78, 5) is 0. The third kappa shape index (κ3) is 5.03. The summed E-state index contributed by atoms with van der Waals surface area (Å²) < 4.78 is 16.4. The molecular weight excluding hydrogens is 735 g/mol. The Balaban J connectivity index is 1.16. The molecule has 0 radical (unpaired) electrons. The molecule has 11 rings (SSSR count). The van der Waals surface area contributed by atoms with Gasteiger partial charge in [0, 0.05) is 0 Å². The van der Waals surface area contributed by atoms with Crippen molar-refractivity contribution >= 4 is 76.9 Å². The molecule has 0 amide bonds. The minimum absolute atomic E-state index is 0.0932. The summed E-state index contributed by atoms with van der Waals surface area (Å²) in [5, 5.41) is 12.7. The number of fused-ring (bicyclic) bond motifs is 7. The van der Waals surface area contributed by atoms with Crippen molar-refractivity contribution in [3.05, 3.63) is 194 Å². The molecule has 258 valence electrons. The van der Waals surface area contributed by atoms with Gasteiger partial charge in [0.2, 0.25) is 0 Å². The van der Waals surface area contributed by atoms with Crippen LogP contribution in [0, 0.1) is 0 Å². The van der Waals surface area contributed by atoms with Gasteiger partial charge in [0.05, 0.1) is 0 Å². The molecule has 0 spiro atoms. The Labute approximate surface area is 324 Å². The fourth-order valence-electron chi connectivity index (χ4n) is 9.00. The van der Waals surface area contributed by atoms with Crippen molar-refractivity contribution in [3.8, 4) is 44.5 Å². The van der Waals surface area contributed by atoms with E-state index in [4.69, 9.17) is 0 Å². The van der Waals surface area contributed by atoms with E-state index in [1.807, 2.05) is 12.1 Å². The molecule has 0 saturated heterocycles. The normalized spacial score (nSPS) is 11.8. The maximum absolute atomic E-state index is 13.5. The van der Waals surface area contributed by atoms with E-state index in [9.17, 15) is 4.39 Å². The van der Waals surface area contributed by atoms with E-state index in [2.05, 4.69) is 176 Å². The fraction of sp³-hybridized carbons (Fsp3) is 0.0189. The molecule has 1 heterocycles. The second-order valence-electron chi connectivity index (χ2n) is 14.4. The molecule has 0 aliphatic carbocycles. The van der Waals surface area contributed by atoms with Crippen LogP contribution in [-0.4, -0.2) is 14.5 Å². The van der Waals surface area contributed by atoms with Crippen molar-refractivity contribution in [3.63, 3.8) is 0 Å². The zero-order valence-corrected chi connectivity index (χ0v) is 31.6. The number of alkyl halides is 1. The summed E-state index contributed by atoms with van der Waals surface area (Å²) in [6, 6.07) is 68.3. The van der Waals surface area contributed by atoms with Gasteiger partial charge >= 0.3 is 326 Å². The predicted molar refractivity (Wildman–Crippen MR) is 235 cm³/mol. The van der Waals surface area contributed by atoms with E-state index in [-0.39, 0.29) is 14.5 Å². The topological polar surface area (TPSA) is 0 Å². The Kier molecular flexibility index (Phi) is 7.55. The van der Waals surface area contributed by atoms with E-state index in [1.165, 1.54) is 101 Å². The zero-order valence-electron chi connectivity index (χ0n) is 29.9. The van der Waals surface area contributed by atoms with Gasteiger partial charge < -0.3 is 0 Å². The first kappa shape index (κ1) is 32.1. The molecule has 0 atom stereocenters. The first-order valence-corrected chi connectivity index (χ1v) is 20.5. The van der Waals surface area contributed by atoms with Gasteiger partial charge in [-0.3, -0.25) is 0 Å². The van der Waals surface area contributed by atoms with Crippen LogP contribution in [0.3, 0.4) is 0 Å². The number of rotatable bonds is 5. The van der Waals surface area contributed by atoms with Gasteiger partial charge in [-0.1, -0.05) is 0 Å². The Morgan fingerprint density at radius 3 is 1.25 bits per heavy atom. The molecule has 0 N–H and O–H groups in total. The molecule has 0 fully saturated rings. The number of halogens is 1. The van der Waals surface area contributed by atoms with Crippen LogP contribution in [0.15, 0.2) is 188 Å². The number of benzene rings is 10. The van der Waals surface area contributed by atoms with Gasteiger partial charge in [-0.15, -0.1) is 0 Å². The summed E-state index contributed by atoms with van der Waals surface area (Å²) in [6.45, 7) is -0.459. The summed E-state index contributed by atoms with van der Waals surface area (Å²) in [6.07, 6.45) is 0. The first-order chi connectivity index (χ1) is 27.3. The van der Waals surface area contributed by atoms with Gasteiger partial charge in [0.25, 0.3) is 0 Å². The summed E-state index contributed by atoms with van der Waals surface area (Å²) in [7, 11) is 0. The Hall–Kier alpha value is -6.31. The summed E-state index contributed by atoms with van der Waals surface area (Å²) in [5.74, 6) is 0. The second-order valence-corrected chi connectivity index (χ2v) is 16.6. The molecule has 1 aromatic heterocycles. The van der Waals surface area contributed by atoms with Crippen LogP contribution >= 0.6 is 0 Å². The van der Waals surface area contributed by atoms with Crippen molar-refractivity contribution < 1.29 is 4.39 Å². The van der Waals surface area contributed by atoms with Gasteiger partial charge in [0.1, 0.15) is 0 Å². The Morgan fingerprint density at radius 1 is 0.327 bits per heavy atom. The van der Waals surface area contributed by atoms with Crippen LogP contribution in [0.25, 0.3) is 107 Å². The molecule has 0 nitrogen and oxygen atoms in total. The average molecular weight is 768 g/mol. The quantitative estimate of drug-likeness (QED) is 0.121. The van der Waals surface area contributed by atoms with Crippen molar-refractivity contribution in [1.29, 1.82) is 0 Å². The van der Waals surface area contributed by atoms with Crippen LogP contribution in [0.2, 0.25) is 0 Å². The molecule has 2 heteroatoms. The predicted octanol–water partition coefficient (Wildman–Crippen LogP) is 14.8. The van der Waals surface area contributed by atoms with E-state index in [0.717, 1.165) is 5.56 Å². The van der Waals surface area contributed by atoms with Crippen LogP contribution in [0.4, 0.5) is 4.39 Å². The number of hydrogen-bond donors (Lipinski definition) is 0. The van der Waals surface area contributed by atoms with E-state index >= 15 is 0 Å². The van der Waals surface area contributed by atoms with Crippen molar-refractivity contribution in [2.45, 2.75) is 6.67 Å². The second kappa shape index (κ2) is 12.9. The standard InChI is InChI=1S/C53H33FSe/c54-32-33-25-27-35(28-26-33)50-42-19-8-10-21-44(42)52(45-22-11-9-20-43(45)50)47-24-12-23-46-37-30-29-36(31-48(37)55-53(46)47)51-40-17-6-4-15-38(40)49(34-13-2-1-3-14-34)39-16-5-7-18-41(39)51/h1-31H,32H2. The summed E-state index contributed by atoms with van der Waals surface area (Å²) in [5.41, 5.74) is 10.7. The Morgan fingerprint density at radius 2 is 0.745 bits per heavy atom. The van der Waals surface area contributed by atoms with Crippen molar-refractivity contribution in [1.82, 2.24) is 0 Å². The van der Waals surface area contributed by atoms with Gasteiger partial charge in [-0.25, -0.2) is 0 Å². The zero-order chi connectivity index (χ0) is 36.5. The van der Waals surface area contributed by atoms with Gasteiger partial charge in [0.15, 0.2) is 0 Å². The monoisotopic (exact) mass is 768 g/mol. The third-order valence-electron chi connectivity index (χ3n) is 11.4. The van der Waals surface area contributed by atoms with Gasteiger partial charge in [-0.05, 0) is 0 Å². The average Bonchev–Trinajstić information content (AvgIpc) is 3.63. The van der Waals surface area contributed by atoms with Crippen molar-refractivity contribution in [2.24, 2.45) is 0 Å². The van der Waals surface area contributed by atoms with E-state index in [0.29, 0.717) is 5.56 Å². The van der Waals surface area contributed by atoms with Crippen LogP contribution in [-0.2, 0) is 6.67 Å². The molecule has 11 aromatic rings. The Bertz CT molecular complexity index is 3170. The maximum atomic E-state index is 13.5. The van der Waals surface area contributed by atoms with Crippen LogP contribution in [0.5, 0.6) is 0 Å². The number of hydrogen-bond acceptors (Lipinski definition) is 0. The van der Waals surface area contributed by atoms with Crippen LogP contribution < -0.4 is 0 Å². The minimum atomic E-state index is -0.459. The van der Waals surface area contributed by atoms with E-state index in [1.54, 1.807) is 0 Å². The molecular formula is C53H33FSe. The molecule has 0 unspecified atom stereocenters. The molecule has 10 aromatic carbocycles. The van der Waals surface area contributed by atoms with E-state index < -0.39 is 6.67 Å².